The van der Waals surface area contributed by atoms with Crippen molar-refractivity contribution < 1.29 is 18.3 Å². The monoisotopic (exact) mass is 245 g/mol. The summed E-state index contributed by atoms with van der Waals surface area (Å²) in [7, 11) is 0. The average molecular weight is 245 g/mol. The molecule has 1 unspecified atom stereocenters. The Kier molecular flexibility index (Phi) is 5.77. The third-order valence-electron chi connectivity index (χ3n) is 1.78. The second kappa shape index (κ2) is 5.63. The second-order valence-electron chi connectivity index (χ2n) is 4.28. The predicted octanol–water partition coefficient (Wildman–Crippen LogP) is 0.179. The zero-order valence-electron chi connectivity index (χ0n) is 8.52. The van der Waals surface area contributed by atoms with Crippen LogP contribution in [0.1, 0.15) is 20.8 Å². The number of amides is 1. The van der Waals surface area contributed by atoms with E-state index in [-0.39, 0.29) is 34.8 Å². The van der Waals surface area contributed by atoms with Gasteiger partial charge in [-0.05, 0) is 20.8 Å². The van der Waals surface area contributed by atoms with Crippen LogP contribution < -0.4 is 0 Å². The van der Waals surface area contributed by atoms with E-state index in [0.29, 0.717) is 13.1 Å². The molecule has 1 aliphatic rings. The van der Waals surface area contributed by atoms with Crippen molar-refractivity contribution in [3.63, 3.8) is 0 Å². The summed E-state index contributed by atoms with van der Waals surface area (Å²) in [5, 5.41) is -0.317. The fourth-order valence-corrected chi connectivity index (χ4v) is 1.66. The van der Waals surface area contributed by atoms with Gasteiger partial charge in [0, 0.05) is 13.1 Å². The van der Waals surface area contributed by atoms with Crippen LogP contribution in [0.15, 0.2) is 0 Å². The van der Waals surface area contributed by atoms with E-state index in [4.69, 9.17) is 9.29 Å². The molecule has 0 aliphatic carbocycles. The van der Waals surface area contributed by atoms with Gasteiger partial charge >= 0.3 is 35.7 Å². The molecule has 0 bridgehead atoms. The van der Waals surface area contributed by atoms with Gasteiger partial charge < -0.3 is 14.2 Å². The number of hydrogen-bond acceptors (Lipinski definition) is 3. The number of carbonyl (C=O) groups is 1. The van der Waals surface area contributed by atoms with Gasteiger partial charge in [-0.3, -0.25) is 0 Å². The van der Waals surface area contributed by atoms with Gasteiger partial charge in [0.1, 0.15) is 5.60 Å². The van der Waals surface area contributed by atoms with Crippen molar-refractivity contribution in [2.75, 3.05) is 13.1 Å². The molecule has 7 heteroatoms. The number of hydrogen-bond donors (Lipinski definition) is 1. The number of ether oxygens (including phenoxy) is 1. The molecule has 1 amide bonds. The number of likely N-dealkylation sites (tertiary alicyclic amines) is 1. The van der Waals surface area contributed by atoms with E-state index in [9.17, 15) is 9.00 Å². The summed E-state index contributed by atoms with van der Waals surface area (Å²) < 4.78 is 24.3. The van der Waals surface area contributed by atoms with Gasteiger partial charge in [0.25, 0.3) is 0 Å². The summed E-state index contributed by atoms with van der Waals surface area (Å²) >= 11 is -1.83. The van der Waals surface area contributed by atoms with E-state index in [2.05, 4.69) is 0 Å². The molecule has 0 spiro atoms. The third kappa shape index (κ3) is 4.82. The first kappa shape index (κ1) is 15.4. The molecule has 5 nitrogen and oxygen atoms in total. The second-order valence-corrected chi connectivity index (χ2v) is 5.50. The molecule has 1 aliphatic heterocycles. The summed E-state index contributed by atoms with van der Waals surface area (Å²) in [6, 6.07) is 0. The van der Waals surface area contributed by atoms with Crippen LogP contribution in [0.25, 0.3) is 0 Å². The van der Waals surface area contributed by atoms with Crippen LogP contribution in [-0.4, -0.2) is 73.3 Å². The van der Waals surface area contributed by atoms with E-state index in [1.54, 1.807) is 20.8 Å². The van der Waals surface area contributed by atoms with Crippen LogP contribution in [0.5, 0.6) is 0 Å². The van der Waals surface area contributed by atoms with Crippen LogP contribution in [0, 0.1) is 0 Å². The van der Waals surface area contributed by atoms with Gasteiger partial charge in [0.2, 0.25) is 0 Å². The van der Waals surface area contributed by atoms with E-state index in [1.165, 1.54) is 4.90 Å². The van der Waals surface area contributed by atoms with Crippen molar-refractivity contribution >= 4 is 46.7 Å². The van der Waals surface area contributed by atoms with Crippen molar-refractivity contribution in [1.29, 1.82) is 0 Å². The summed E-state index contributed by atoms with van der Waals surface area (Å²) in [4.78, 5) is 12.8. The molecule has 0 aromatic heterocycles. The average Bonchev–Trinajstić information content (AvgIpc) is 1.75. The van der Waals surface area contributed by atoms with Crippen LogP contribution >= 0.6 is 0 Å². The van der Waals surface area contributed by atoms with Crippen LogP contribution in [0.4, 0.5) is 4.79 Å². The maximum absolute atomic E-state index is 11.3. The Bertz CT molecular complexity index is 260. The molecular formula is C8H16NNaO4S. The van der Waals surface area contributed by atoms with E-state index in [1.807, 2.05) is 0 Å². The zero-order chi connectivity index (χ0) is 10.9. The summed E-state index contributed by atoms with van der Waals surface area (Å²) in [6.07, 6.45) is -0.417. The molecule has 1 fully saturated rings. The first-order chi connectivity index (χ1) is 6.29. The third-order valence-corrected chi connectivity index (χ3v) is 2.65. The Morgan fingerprint density at radius 3 is 2.27 bits per heavy atom. The van der Waals surface area contributed by atoms with Gasteiger partial charge in [-0.15, -0.1) is 0 Å². The van der Waals surface area contributed by atoms with Gasteiger partial charge in [-0.1, -0.05) is 0 Å². The van der Waals surface area contributed by atoms with Gasteiger partial charge in [-0.2, -0.15) is 0 Å². The van der Waals surface area contributed by atoms with Crippen molar-refractivity contribution in [3.8, 4) is 0 Å². The minimum absolute atomic E-state index is 0. The molecule has 1 saturated heterocycles. The molecule has 0 aromatic carbocycles. The molecule has 1 atom stereocenters. The number of rotatable bonds is 1. The Balaban J connectivity index is 0.00000196. The topological polar surface area (TPSA) is 66.8 Å². The molecule has 84 valence electrons. The maximum atomic E-state index is 11.3. The molecule has 1 N–H and O–H groups in total. The predicted molar refractivity (Wildman–Crippen MR) is 59.5 cm³/mol. The van der Waals surface area contributed by atoms with Crippen molar-refractivity contribution in [1.82, 2.24) is 4.90 Å². The van der Waals surface area contributed by atoms with Crippen molar-refractivity contribution in [3.05, 3.63) is 0 Å². The van der Waals surface area contributed by atoms with Crippen LogP contribution in [0.2, 0.25) is 0 Å². The fourth-order valence-electron chi connectivity index (χ4n) is 1.04. The Morgan fingerprint density at radius 1 is 1.47 bits per heavy atom. The Hall–Kier alpha value is 0.380. The standard InChI is InChI=1S/C8H15NO4S.Na.H/c1-8(2,3)13-7(10)9-4-6(5-9)14(11)12;;/h6H,4-5H2,1-3H3,(H,11,12);;. The van der Waals surface area contributed by atoms with Gasteiger partial charge in [-0.25, -0.2) is 9.00 Å². The summed E-state index contributed by atoms with van der Waals surface area (Å²) in [5.41, 5.74) is -0.513. The number of nitrogens with zero attached hydrogens (tertiary/aromatic N) is 1. The van der Waals surface area contributed by atoms with Crippen molar-refractivity contribution in [2.24, 2.45) is 0 Å². The molecule has 1 heterocycles. The van der Waals surface area contributed by atoms with Crippen LogP contribution in [-0.2, 0) is 15.8 Å². The molecule has 1 rings (SSSR count). The molecule has 0 aromatic rings. The summed E-state index contributed by atoms with van der Waals surface area (Å²) in [6.45, 7) is 5.96. The Morgan fingerprint density at radius 2 is 1.93 bits per heavy atom. The van der Waals surface area contributed by atoms with E-state index >= 15 is 0 Å². The van der Waals surface area contributed by atoms with E-state index in [0.717, 1.165) is 0 Å². The van der Waals surface area contributed by atoms with E-state index < -0.39 is 22.8 Å². The quantitative estimate of drug-likeness (QED) is 0.528. The SMILES string of the molecule is CC(C)(C)OC(=O)N1CC(S(=O)O)C1.[NaH]. The molecule has 0 saturated carbocycles. The van der Waals surface area contributed by atoms with Crippen molar-refractivity contribution in [2.45, 2.75) is 31.6 Å². The zero-order valence-corrected chi connectivity index (χ0v) is 9.34. The Labute approximate surface area is 114 Å². The van der Waals surface area contributed by atoms with Gasteiger partial charge in [0.15, 0.2) is 11.1 Å². The fraction of sp³-hybridized carbons (Fsp3) is 0.875. The van der Waals surface area contributed by atoms with Gasteiger partial charge in [0.05, 0.1) is 5.25 Å². The molecule has 15 heavy (non-hydrogen) atoms. The molecule has 0 radical (unpaired) electrons. The first-order valence-electron chi connectivity index (χ1n) is 4.37. The number of carbonyl (C=O) groups excluding carboxylic acids is 1. The summed E-state index contributed by atoms with van der Waals surface area (Å²) in [5.74, 6) is 0. The van der Waals surface area contributed by atoms with Crippen LogP contribution in [0.3, 0.4) is 0 Å². The normalized spacial score (nSPS) is 18.8. The molecular weight excluding hydrogens is 229 g/mol. The minimum atomic E-state index is -1.83. The first-order valence-corrected chi connectivity index (χ1v) is 5.54.